The Bertz CT molecular complexity index is 1230. The van der Waals surface area contributed by atoms with Gasteiger partial charge in [-0.3, -0.25) is 4.79 Å². The summed E-state index contributed by atoms with van der Waals surface area (Å²) < 4.78 is 5.71. The van der Waals surface area contributed by atoms with Crippen LogP contribution in [0.1, 0.15) is 16.1 Å². The van der Waals surface area contributed by atoms with Crippen molar-refractivity contribution in [2.75, 3.05) is 4.90 Å². The Hall–Kier alpha value is -3.55. The third-order valence-corrected chi connectivity index (χ3v) is 4.89. The highest BCUT2D eigenvalue weighted by Gasteiger charge is 2.35. The first-order valence-electron chi connectivity index (χ1n) is 8.59. The number of amides is 3. The molecule has 2 N–H and O–H groups in total. The topological polar surface area (TPSA) is 99.9 Å². The predicted molar refractivity (Wildman–Crippen MR) is 112 cm³/mol. The first kappa shape index (κ1) is 19.8. The number of carbonyl (C=O) groups is 3. The van der Waals surface area contributed by atoms with Crippen molar-refractivity contribution in [1.82, 2.24) is 5.32 Å². The SMILES string of the molecule is O=C(O)c1ccc(-c2ccc(/C=C3\NC(=O)N(c4cccc(Cl)c4)C3=O)o2)cc1Cl. The van der Waals surface area contributed by atoms with Crippen molar-refractivity contribution >= 4 is 52.9 Å². The molecule has 1 fully saturated rings. The molecule has 0 bridgehead atoms. The van der Waals surface area contributed by atoms with Gasteiger partial charge in [-0.1, -0.05) is 35.3 Å². The van der Waals surface area contributed by atoms with Crippen LogP contribution >= 0.6 is 23.2 Å². The summed E-state index contributed by atoms with van der Waals surface area (Å²) in [5, 5.41) is 12.0. The van der Waals surface area contributed by atoms with Crippen LogP contribution in [0.2, 0.25) is 10.0 Å². The van der Waals surface area contributed by atoms with Gasteiger partial charge in [-0.25, -0.2) is 14.5 Å². The Labute approximate surface area is 180 Å². The normalized spacial score (nSPS) is 15.0. The number of aromatic carboxylic acids is 1. The Morgan fingerprint density at radius 1 is 1.07 bits per heavy atom. The molecule has 3 amide bonds. The number of hydrogen-bond donors (Lipinski definition) is 2. The smallest absolute Gasteiger partial charge is 0.337 e. The Kier molecular flexibility index (Phi) is 5.07. The highest BCUT2D eigenvalue weighted by Crippen LogP contribution is 2.29. The maximum absolute atomic E-state index is 12.7. The van der Waals surface area contributed by atoms with Gasteiger partial charge in [-0.15, -0.1) is 0 Å². The van der Waals surface area contributed by atoms with Gasteiger partial charge in [0.25, 0.3) is 5.91 Å². The lowest BCUT2D eigenvalue weighted by Gasteiger charge is -2.11. The fourth-order valence-electron chi connectivity index (χ4n) is 2.95. The molecular formula is C21H12Cl2N2O5. The van der Waals surface area contributed by atoms with Crippen LogP contribution in [0, 0.1) is 0 Å². The quantitative estimate of drug-likeness (QED) is 0.434. The van der Waals surface area contributed by atoms with E-state index >= 15 is 0 Å². The Balaban J connectivity index is 1.60. The summed E-state index contributed by atoms with van der Waals surface area (Å²) in [6, 6.07) is 13.5. The van der Waals surface area contributed by atoms with E-state index in [0.29, 0.717) is 27.8 Å². The molecule has 9 heteroatoms. The van der Waals surface area contributed by atoms with Gasteiger partial charge in [-0.05, 0) is 42.5 Å². The number of nitrogens with one attached hydrogen (secondary N) is 1. The molecule has 30 heavy (non-hydrogen) atoms. The fraction of sp³-hybridized carbons (Fsp3) is 0. The number of carboxylic acids is 1. The van der Waals surface area contributed by atoms with E-state index in [9.17, 15) is 14.4 Å². The van der Waals surface area contributed by atoms with Crippen molar-refractivity contribution in [2.24, 2.45) is 0 Å². The van der Waals surface area contributed by atoms with Crippen molar-refractivity contribution in [2.45, 2.75) is 0 Å². The number of imide groups is 1. The number of furan rings is 1. The van der Waals surface area contributed by atoms with Gasteiger partial charge in [0.05, 0.1) is 16.3 Å². The zero-order valence-electron chi connectivity index (χ0n) is 15.1. The van der Waals surface area contributed by atoms with Crippen LogP contribution < -0.4 is 10.2 Å². The molecule has 2 aromatic carbocycles. The number of urea groups is 1. The second-order valence-electron chi connectivity index (χ2n) is 6.31. The maximum atomic E-state index is 12.7. The van der Waals surface area contributed by atoms with Crippen LogP contribution in [0.15, 0.2) is 64.7 Å². The summed E-state index contributed by atoms with van der Waals surface area (Å²) in [6.07, 6.45) is 1.40. The molecule has 0 radical (unpaired) electrons. The second kappa shape index (κ2) is 7.70. The van der Waals surface area contributed by atoms with E-state index in [1.54, 1.807) is 36.4 Å². The summed E-state index contributed by atoms with van der Waals surface area (Å²) in [5.41, 5.74) is 0.938. The second-order valence-corrected chi connectivity index (χ2v) is 7.15. The van der Waals surface area contributed by atoms with E-state index in [-0.39, 0.29) is 16.3 Å². The van der Waals surface area contributed by atoms with Crippen LogP contribution in [0.4, 0.5) is 10.5 Å². The molecule has 150 valence electrons. The van der Waals surface area contributed by atoms with Gasteiger partial charge in [-0.2, -0.15) is 0 Å². The fourth-order valence-corrected chi connectivity index (χ4v) is 3.40. The minimum absolute atomic E-state index is 0.0188. The number of halogens is 2. The summed E-state index contributed by atoms with van der Waals surface area (Å²) >= 11 is 11.9. The van der Waals surface area contributed by atoms with Gasteiger partial charge in [0.1, 0.15) is 17.2 Å². The zero-order valence-corrected chi connectivity index (χ0v) is 16.6. The molecule has 1 aliphatic rings. The third-order valence-electron chi connectivity index (χ3n) is 4.34. The number of nitrogens with zero attached hydrogens (tertiary/aromatic N) is 1. The third kappa shape index (κ3) is 3.68. The van der Waals surface area contributed by atoms with E-state index in [1.807, 2.05) is 0 Å². The van der Waals surface area contributed by atoms with E-state index in [4.69, 9.17) is 32.7 Å². The zero-order chi connectivity index (χ0) is 21.4. The van der Waals surface area contributed by atoms with E-state index < -0.39 is 17.9 Å². The number of hydrogen-bond acceptors (Lipinski definition) is 4. The minimum atomic E-state index is -1.13. The standard InChI is InChI=1S/C21H12Cl2N2O5/c22-12-2-1-3-13(9-12)25-19(26)17(24-21(25)29)10-14-5-7-18(30-14)11-4-6-15(20(27)28)16(23)8-11/h1-10H,(H,24,29)(H,27,28)/b17-10-. The summed E-state index contributed by atoms with van der Waals surface area (Å²) in [7, 11) is 0. The highest BCUT2D eigenvalue weighted by atomic mass is 35.5. The lowest BCUT2D eigenvalue weighted by atomic mass is 10.1. The summed E-state index contributed by atoms with van der Waals surface area (Å²) in [4.78, 5) is 37.0. The molecule has 0 aliphatic carbocycles. The van der Waals surface area contributed by atoms with E-state index in [0.717, 1.165) is 4.90 Å². The summed E-state index contributed by atoms with van der Waals surface area (Å²) in [5.74, 6) is -0.936. The maximum Gasteiger partial charge on any atom is 0.337 e. The van der Waals surface area contributed by atoms with Gasteiger partial charge in [0.15, 0.2) is 0 Å². The van der Waals surface area contributed by atoms with Crippen molar-refractivity contribution in [3.05, 3.63) is 81.7 Å². The largest absolute Gasteiger partial charge is 0.478 e. The monoisotopic (exact) mass is 442 g/mol. The molecular weight excluding hydrogens is 431 g/mol. The van der Waals surface area contributed by atoms with Gasteiger partial charge in [0.2, 0.25) is 0 Å². The molecule has 0 saturated carbocycles. The van der Waals surface area contributed by atoms with Crippen molar-refractivity contribution in [3.63, 3.8) is 0 Å². The first-order valence-corrected chi connectivity index (χ1v) is 9.35. The molecule has 1 aliphatic heterocycles. The molecule has 3 aromatic rings. The van der Waals surface area contributed by atoms with Crippen LogP contribution in [0.3, 0.4) is 0 Å². The van der Waals surface area contributed by atoms with Crippen LogP contribution in [-0.2, 0) is 4.79 Å². The van der Waals surface area contributed by atoms with Crippen LogP contribution in [0.25, 0.3) is 17.4 Å². The lowest BCUT2D eigenvalue weighted by Crippen LogP contribution is -2.30. The molecule has 4 rings (SSSR count). The average Bonchev–Trinajstić information content (AvgIpc) is 3.26. The molecule has 0 atom stereocenters. The number of anilines is 1. The minimum Gasteiger partial charge on any atom is -0.478 e. The van der Waals surface area contributed by atoms with Crippen molar-refractivity contribution in [1.29, 1.82) is 0 Å². The number of carbonyl (C=O) groups excluding carboxylic acids is 2. The molecule has 0 spiro atoms. The Morgan fingerprint density at radius 3 is 2.57 bits per heavy atom. The summed E-state index contributed by atoms with van der Waals surface area (Å²) in [6.45, 7) is 0. The van der Waals surface area contributed by atoms with Crippen molar-refractivity contribution in [3.8, 4) is 11.3 Å². The van der Waals surface area contributed by atoms with Crippen LogP contribution in [-0.4, -0.2) is 23.0 Å². The van der Waals surface area contributed by atoms with Gasteiger partial charge < -0.3 is 14.8 Å². The molecule has 7 nitrogen and oxygen atoms in total. The number of benzene rings is 2. The van der Waals surface area contributed by atoms with Gasteiger partial charge in [0, 0.05) is 16.7 Å². The molecule has 1 aromatic heterocycles. The van der Waals surface area contributed by atoms with Crippen molar-refractivity contribution < 1.29 is 23.9 Å². The lowest BCUT2D eigenvalue weighted by molar-refractivity contribution is -0.113. The molecule has 0 unspecified atom stereocenters. The molecule has 2 heterocycles. The Morgan fingerprint density at radius 2 is 1.87 bits per heavy atom. The predicted octanol–water partition coefficient (Wildman–Crippen LogP) is 5.05. The van der Waals surface area contributed by atoms with Gasteiger partial charge >= 0.3 is 12.0 Å². The van der Waals surface area contributed by atoms with E-state index in [1.165, 1.54) is 24.3 Å². The number of rotatable bonds is 4. The van der Waals surface area contributed by atoms with E-state index in [2.05, 4.69) is 5.32 Å². The average molecular weight is 443 g/mol. The first-order chi connectivity index (χ1) is 14.3. The van der Waals surface area contributed by atoms with Crippen LogP contribution in [0.5, 0.6) is 0 Å². The number of carboxylic acid groups (broad SMARTS) is 1. The highest BCUT2D eigenvalue weighted by molar-refractivity contribution is 6.34. The molecule has 1 saturated heterocycles.